The summed E-state index contributed by atoms with van der Waals surface area (Å²) in [6, 6.07) is 11.0. The fraction of sp³-hybridized carbons (Fsp3) is 0.286. The first-order valence-corrected chi connectivity index (χ1v) is 9.84. The van der Waals surface area contributed by atoms with Crippen molar-refractivity contribution in [1.29, 1.82) is 5.26 Å². The Hall–Kier alpha value is -3.08. The minimum absolute atomic E-state index is 0.0540. The Morgan fingerprint density at radius 2 is 1.97 bits per heavy atom. The summed E-state index contributed by atoms with van der Waals surface area (Å²) in [5.74, 6) is -0.0540. The Bertz CT molecular complexity index is 1060. The third kappa shape index (κ3) is 3.90. The molecule has 0 radical (unpaired) electrons. The molecule has 3 heterocycles. The highest BCUT2D eigenvalue weighted by Gasteiger charge is 2.27. The molecule has 0 saturated carbocycles. The Morgan fingerprint density at radius 1 is 1.24 bits per heavy atom. The molecule has 1 amide bonds. The molecule has 3 N–H and O–H groups in total. The average molecular weight is 409 g/mol. The van der Waals surface area contributed by atoms with E-state index in [1.807, 2.05) is 24.4 Å². The number of H-pyrrole nitrogens is 1. The van der Waals surface area contributed by atoms with Gasteiger partial charge in [0.25, 0.3) is 0 Å². The molecule has 7 nitrogen and oxygen atoms in total. The number of amides is 1. The van der Waals surface area contributed by atoms with Gasteiger partial charge in [0.2, 0.25) is 5.91 Å². The maximum atomic E-state index is 12.8. The molecule has 1 aromatic carbocycles. The zero-order valence-corrected chi connectivity index (χ0v) is 16.6. The molecule has 1 fully saturated rings. The lowest BCUT2D eigenvalue weighted by molar-refractivity contribution is -0.132. The molecular weight excluding hydrogens is 388 g/mol. The highest BCUT2D eigenvalue weighted by atomic mass is 35.5. The zero-order valence-electron chi connectivity index (χ0n) is 15.8. The molecule has 1 aliphatic heterocycles. The quantitative estimate of drug-likeness (QED) is 0.689. The van der Waals surface area contributed by atoms with Gasteiger partial charge in [0.15, 0.2) is 0 Å². The summed E-state index contributed by atoms with van der Waals surface area (Å²) in [6.45, 7) is 2.40. The van der Waals surface area contributed by atoms with Gasteiger partial charge in [-0.15, -0.1) is 0 Å². The highest BCUT2D eigenvalue weighted by Crippen LogP contribution is 2.29. The van der Waals surface area contributed by atoms with Gasteiger partial charge in [-0.05, 0) is 30.2 Å². The van der Waals surface area contributed by atoms with Crippen LogP contribution in [0.5, 0.6) is 0 Å². The molecule has 1 saturated heterocycles. The normalized spacial score (nSPS) is 15.3. The first-order valence-electron chi connectivity index (χ1n) is 9.47. The second-order valence-corrected chi connectivity index (χ2v) is 7.56. The zero-order chi connectivity index (χ0) is 20.4. The first-order chi connectivity index (χ1) is 14.1. The summed E-state index contributed by atoms with van der Waals surface area (Å²) in [5, 5.41) is 11.1. The predicted octanol–water partition coefficient (Wildman–Crippen LogP) is 2.31. The molecule has 0 spiro atoms. The number of anilines is 1. The van der Waals surface area contributed by atoms with Crippen LogP contribution in [0.25, 0.3) is 11.0 Å². The van der Waals surface area contributed by atoms with Crippen LogP contribution in [0.2, 0.25) is 5.02 Å². The fourth-order valence-electron chi connectivity index (χ4n) is 3.76. The second-order valence-electron chi connectivity index (χ2n) is 7.12. The molecule has 1 unspecified atom stereocenters. The number of aromatic nitrogens is 2. The minimum Gasteiger partial charge on any atom is -0.366 e. The monoisotopic (exact) mass is 408 g/mol. The van der Waals surface area contributed by atoms with Crippen LogP contribution in [0.1, 0.15) is 11.1 Å². The van der Waals surface area contributed by atoms with Crippen LogP contribution in [0.3, 0.4) is 0 Å². The van der Waals surface area contributed by atoms with Crippen LogP contribution >= 0.6 is 11.6 Å². The van der Waals surface area contributed by atoms with Gasteiger partial charge in [-0.25, -0.2) is 4.98 Å². The molecule has 148 valence electrons. The van der Waals surface area contributed by atoms with E-state index in [-0.39, 0.29) is 5.91 Å². The van der Waals surface area contributed by atoms with Crippen molar-refractivity contribution >= 4 is 34.2 Å². The summed E-state index contributed by atoms with van der Waals surface area (Å²) < 4.78 is 0. The number of carbonyl (C=O) groups is 1. The van der Waals surface area contributed by atoms with Gasteiger partial charge in [-0.2, -0.15) is 5.26 Å². The molecule has 29 heavy (non-hydrogen) atoms. The van der Waals surface area contributed by atoms with Crippen molar-refractivity contribution in [3.05, 3.63) is 58.9 Å². The number of halogens is 1. The Kier molecular flexibility index (Phi) is 5.38. The van der Waals surface area contributed by atoms with E-state index in [1.54, 1.807) is 23.2 Å². The molecule has 1 aliphatic rings. The largest absolute Gasteiger partial charge is 0.366 e. The second kappa shape index (κ2) is 8.11. The summed E-state index contributed by atoms with van der Waals surface area (Å²) in [6.07, 6.45) is 3.88. The van der Waals surface area contributed by atoms with Gasteiger partial charge in [0, 0.05) is 49.0 Å². The predicted molar refractivity (Wildman–Crippen MR) is 113 cm³/mol. The first kappa shape index (κ1) is 19.2. The van der Waals surface area contributed by atoms with Crippen molar-refractivity contribution in [1.82, 2.24) is 14.9 Å². The summed E-state index contributed by atoms with van der Waals surface area (Å²) in [7, 11) is 0. The van der Waals surface area contributed by atoms with Gasteiger partial charge in [-0.1, -0.05) is 23.7 Å². The van der Waals surface area contributed by atoms with Crippen molar-refractivity contribution in [2.24, 2.45) is 5.73 Å². The smallest absolute Gasteiger partial charge is 0.239 e. The van der Waals surface area contributed by atoms with E-state index < -0.39 is 6.04 Å². The van der Waals surface area contributed by atoms with Crippen LogP contribution in [0.4, 0.5) is 5.69 Å². The van der Waals surface area contributed by atoms with Crippen LogP contribution in [-0.4, -0.2) is 53.0 Å². The van der Waals surface area contributed by atoms with Gasteiger partial charge >= 0.3 is 0 Å². The lowest BCUT2D eigenvalue weighted by Crippen LogP contribution is -2.53. The van der Waals surface area contributed by atoms with E-state index in [2.05, 4.69) is 20.9 Å². The molecule has 8 heteroatoms. The molecular formula is C21H21ClN6O. The third-order valence-corrected chi connectivity index (χ3v) is 5.52. The Morgan fingerprint density at radius 3 is 2.66 bits per heavy atom. The number of nitrogens with zero attached hydrogens (tertiary/aromatic N) is 4. The molecule has 2 aromatic heterocycles. The van der Waals surface area contributed by atoms with Crippen molar-refractivity contribution in [3.8, 4) is 6.07 Å². The molecule has 1 atom stereocenters. The number of carbonyl (C=O) groups excluding carboxylic acids is 1. The number of rotatable bonds is 4. The standard InChI is InChI=1S/C21H21ClN6O/c22-16-3-1-14(2-4-16)11-18(24)21(29)28-9-7-27(8-10-28)19-15(12-23)13-26-20-17(19)5-6-25-20/h1-6,13,18H,7-11,24H2,(H,25,26). The summed E-state index contributed by atoms with van der Waals surface area (Å²) in [5.41, 5.74) is 9.32. The van der Waals surface area contributed by atoms with Crippen molar-refractivity contribution < 1.29 is 4.79 Å². The number of nitriles is 1. The number of nitrogens with two attached hydrogens (primary N) is 1. The van der Waals surface area contributed by atoms with Crippen molar-refractivity contribution in [3.63, 3.8) is 0 Å². The van der Waals surface area contributed by atoms with E-state index in [0.29, 0.717) is 43.2 Å². The number of pyridine rings is 1. The maximum absolute atomic E-state index is 12.8. The van der Waals surface area contributed by atoms with Crippen LogP contribution in [0.15, 0.2) is 42.7 Å². The highest BCUT2D eigenvalue weighted by molar-refractivity contribution is 6.30. The SMILES string of the molecule is N#Cc1cnc2[nH]ccc2c1N1CCN(C(=O)C(N)Cc2ccc(Cl)cc2)CC1. The van der Waals surface area contributed by atoms with Gasteiger partial charge in [-0.3, -0.25) is 4.79 Å². The van der Waals surface area contributed by atoms with Crippen LogP contribution < -0.4 is 10.6 Å². The van der Waals surface area contributed by atoms with E-state index in [0.717, 1.165) is 22.3 Å². The number of hydrogen-bond donors (Lipinski definition) is 2. The van der Waals surface area contributed by atoms with E-state index >= 15 is 0 Å². The van der Waals surface area contributed by atoms with E-state index in [4.69, 9.17) is 17.3 Å². The summed E-state index contributed by atoms with van der Waals surface area (Å²) in [4.78, 5) is 24.1. The number of piperazine rings is 1. The Labute approximate surface area is 173 Å². The number of hydrogen-bond acceptors (Lipinski definition) is 5. The van der Waals surface area contributed by atoms with E-state index in [1.165, 1.54) is 0 Å². The van der Waals surface area contributed by atoms with Crippen LogP contribution in [-0.2, 0) is 11.2 Å². The average Bonchev–Trinajstić information content (AvgIpc) is 3.23. The van der Waals surface area contributed by atoms with Crippen molar-refractivity contribution in [2.75, 3.05) is 31.1 Å². The fourth-order valence-corrected chi connectivity index (χ4v) is 3.89. The Balaban J connectivity index is 1.43. The number of benzene rings is 1. The third-order valence-electron chi connectivity index (χ3n) is 5.27. The van der Waals surface area contributed by atoms with Gasteiger partial charge in [0.05, 0.1) is 17.3 Å². The molecule has 3 aromatic rings. The molecule has 0 bridgehead atoms. The molecule has 4 rings (SSSR count). The number of fused-ring (bicyclic) bond motifs is 1. The summed E-state index contributed by atoms with van der Waals surface area (Å²) >= 11 is 5.91. The maximum Gasteiger partial charge on any atom is 0.239 e. The lowest BCUT2D eigenvalue weighted by Gasteiger charge is -2.37. The number of nitrogens with one attached hydrogen (secondary N) is 1. The number of aromatic amines is 1. The van der Waals surface area contributed by atoms with Gasteiger partial charge < -0.3 is 20.5 Å². The van der Waals surface area contributed by atoms with Crippen LogP contribution in [0, 0.1) is 11.3 Å². The van der Waals surface area contributed by atoms with Gasteiger partial charge in [0.1, 0.15) is 11.7 Å². The van der Waals surface area contributed by atoms with E-state index in [9.17, 15) is 10.1 Å². The lowest BCUT2D eigenvalue weighted by atomic mass is 10.0. The van der Waals surface area contributed by atoms with Crippen molar-refractivity contribution in [2.45, 2.75) is 12.5 Å². The topological polar surface area (TPSA) is 102 Å². The molecule has 0 aliphatic carbocycles. The minimum atomic E-state index is -0.588.